The van der Waals surface area contributed by atoms with Crippen LogP contribution in [0.4, 0.5) is 4.39 Å². The van der Waals surface area contributed by atoms with Crippen molar-refractivity contribution in [2.75, 3.05) is 0 Å². The van der Waals surface area contributed by atoms with Crippen molar-refractivity contribution in [2.24, 2.45) is 0 Å². The summed E-state index contributed by atoms with van der Waals surface area (Å²) >= 11 is 0. The summed E-state index contributed by atoms with van der Waals surface area (Å²) in [5.41, 5.74) is 3.45. The molecule has 2 N–H and O–H groups in total. The van der Waals surface area contributed by atoms with Crippen LogP contribution >= 0.6 is 0 Å². The lowest BCUT2D eigenvalue weighted by Crippen LogP contribution is -2.28. The number of benzene rings is 2. The largest absolute Gasteiger partial charge is 0.491 e. The first kappa shape index (κ1) is 11.7. The molecular weight excluding hydrogens is 256 g/mol. The summed E-state index contributed by atoms with van der Waals surface area (Å²) in [7, 11) is -0.964. The number of aromatic nitrogens is 1. The first-order chi connectivity index (χ1) is 9.72. The lowest BCUT2D eigenvalue weighted by atomic mass is 9.78. The van der Waals surface area contributed by atoms with Crippen LogP contribution in [0.2, 0.25) is 0 Å². The summed E-state index contributed by atoms with van der Waals surface area (Å²) in [5, 5.41) is 10.8. The van der Waals surface area contributed by atoms with E-state index in [0.29, 0.717) is 22.3 Å². The van der Waals surface area contributed by atoms with Gasteiger partial charge in [0.05, 0.1) is 6.61 Å². The minimum atomic E-state index is -0.964. The Morgan fingerprint density at radius 3 is 2.90 bits per heavy atom. The van der Waals surface area contributed by atoms with E-state index >= 15 is 0 Å². The monoisotopic (exact) mass is 267 g/mol. The average Bonchev–Trinajstić information content (AvgIpc) is 3.02. The van der Waals surface area contributed by atoms with Crippen LogP contribution in [0.1, 0.15) is 5.56 Å². The number of H-pyrrole nitrogens is 1. The molecule has 0 saturated carbocycles. The second-order valence-corrected chi connectivity index (χ2v) is 4.96. The van der Waals surface area contributed by atoms with E-state index in [1.807, 2.05) is 30.3 Å². The number of para-hydroxylation sites is 1. The van der Waals surface area contributed by atoms with Crippen LogP contribution in [0.25, 0.3) is 22.2 Å². The Hall–Kier alpha value is -2.11. The molecular formula is C15H11BFNO2. The number of hydrogen-bond acceptors (Lipinski definition) is 2. The van der Waals surface area contributed by atoms with Gasteiger partial charge < -0.3 is 14.7 Å². The second-order valence-electron chi connectivity index (χ2n) is 4.96. The molecule has 4 rings (SSSR count). The van der Waals surface area contributed by atoms with Gasteiger partial charge in [-0.1, -0.05) is 18.2 Å². The maximum atomic E-state index is 14.2. The van der Waals surface area contributed by atoms with Crippen molar-refractivity contribution in [2.45, 2.75) is 6.61 Å². The van der Waals surface area contributed by atoms with E-state index in [-0.39, 0.29) is 12.4 Å². The summed E-state index contributed by atoms with van der Waals surface area (Å²) in [4.78, 5) is 3.20. The molecule has 3 aromatic rings. The summed E-state index contributed by atoms with van der Waals surface area (Å²) in [5.74, 6) is -0.312. The number of nitrogens with one attached hydrogen (secondary N) is 1. The molecule has 0 saturated heterocycles. The van der Waals surface area contributed by atoms with Crippen LogP contribution < -0.4 is 5.46 Å². The molecule has 1 aromatic heterocycles. The quantitative estimate of drug-likeness (QED) is 0.664. The number of fused-ring (bicyclic) bond motifs is 2. The van der Waals surface area contributed by atoms with E-state index in [1.165, 1.54) is 6.07 Å². The van der Waals surface area contributed by atoms with Gasteiger partial charge in [0.2, 0.25) is 0 Å². The molecule has 0 spiro atoms. The Morgan fingerprint density at radius 2 is 2.05 bits per heavy atom. The summed E-state index contributed by atoms with van der Waals surface area (Å²) in [6, 6.07) is 12.8. The van der Waals surface area contributed by atoms with Crippen LogP contribution in [-0.4, -0.2) is 17.1 Å². The minimum absolute atomic E-state index is 0.250. The topological polar surface area (TPSA) is 45.2 Å². The molecule has 1 aliphatic heterocycles. The van der Waals surface area contributed by atoms with Crippen LogP contribution in [-0.2, 0) is 11.3 Å². The van der Waals surface area contributed by atoms with Gasteiger partial charge in [-0.15, -0.1) is 0 Å². The maximum Gasteiger partial charge on any atom is 0.491 e. The van der Waals surface area contributed by atoms with Crippen molar-refractivity contribution in [3.05, 3.63) is 53.8 Å². The highest BCUT2D eigenvalue weighted by Gasteiger charge is 2.29. The molecule has 20 heavy (non-hydrogen) atoms. The third-order valence-corrected chi connectivity index (χ3v) is 3.71. The molecule has 0 unspecified atom stereocenters. The van der Waals surface area contributed by atoms with Crippen molar-refractivity contribution >= 4 is 23.5 Å². The molecule has 0 amide bonds. The predicted molar refractivity (Wildman–Crippen MR) is 76.1 cm³/mol. The van der Waals surface area contributed by atoms with Gasteiger partial charge in [-0.05, 0) is 35.3 Å². The van der Waals surface area contributed by atoms with E-state index in [9.17, 15) is 9.41 Å². The van der Waals surface area contributed by atoms with Crippen molar-refractivity contribution in [1.29, 1.82) is 0 Å². The molecule has 0 radical (unpaired) electrons. The van der Waals surface area contributed by atoms with Gasteiger partial charge in [0.15, 0.2) is 0 Å². The smallest absolute Gasteiger partial charge is 0.423 e. The molecule has 2 heterocycles. The average molecular weight is 267 g/mol. The summed E-state index contributed by atoms with van der Waals surface area (Å²) < 4.78 is 19.3. The highest BCUT2D eigenvalue weighted by molar-refractivity contribution is 6.61. The number of rotatable bonds is 1. The zero-order valence-corrected chi connectivity index (χ0v) is 10.6. The molecule has 2 aromatic carbocycles. The van der Waals surface area contributed by atoms with Crippen LogP contribution in [0.3, 0.4) is 0 Å². The van der Waals surface area contributed by atoms with Gasteiger partial charge in [-0.2, -0.15) is 0 Å². The Morgan fingerprint density at radius 1 is 1.20 bits per heavy atom. The fourth-order valence-corrected chi connectivity index (χ4v) is 2.67. The van der Waals surface area contributed by atoms with E-state index in [2.05, 4.69) is 4.98 Å². The third kappa shape index (κ3) is 1.67. The van der Waals surface area contributed by atoms with Crippen LogP contribution in [0.15, 0.2) is 42.5 Å². The molecule has 0 aliphatic carbocycles. The first-order valence-electron chi connectivity index (χ1n) is 6.42. The normalized spacial score (nSPS) is 14.0. The highest BCUT2D eigenvalue weighted by atomic mass is 19.1. The lowest BCUT2D eigenvalue weighted by molar-refractivity contribution is 0.275. The van der Waals surface area contributed by atoms with Crippen LogP contribution in [0, 0.1) is 5.82 Å². The molecule has 0 bridgehead atoms. The fourth-order valence-electron chi connectivity index (χ4n) is 2.67. The summed E-state index contributed by atoms with van der Waals surface area (Å²) in [6.07, 6.45) is 0. The summed E-state index contributed by atoms with van der Waals surface area (Å²) in [6.45, 7) is 0.250. The molecule has 0 atom stereocenters. The second kappa shape index (κ2) is 4.20. The Bertz CT molecular complexity index is 782. The first-order valence-corrected chi connectivity index (χ1v) is 6.42. The van der Waals surface area contributed by atoms with Gasteiger partial charge >= 0.3 is 7.12 Å². The van der Waals surface area contributed by atoms with Gasteiger partial charge in [0.1, 0.15) is 5.82 Å². The maximum absolute atomic E-state index is 14.2. The molecule has 0 fully saturated rings. The van der Waals surface area contributed by atoms with Gasteiger partial charge in [0.25, 0.3) is 0 Å². The number of hydrogen-bond donors (Lipinski definition) is 2. The standard InChI is InChI=1S/C15H11BFNO2/c17-13-5-10-8-20-16(19)12(10)7-11(13)15-6-9-3-1-2-4-14(9)18-15/h1-7,18-19H,8H2. The van der Waals surface area contributed by atoms with E-state index in [1.54, 1.807) is 6.07 Å². The Balaban J connectivity index is 1.91. The van der Waals surface area contributed by atoms with Gasteiger partial charge in [-0.25, -0.2) is 4.39 Å². The van der Waals surface area contributed by atoms with Gasteiger partial charge in [-0.3, -0.25) is 0 Å². The predicted octanol–water partition coefficient (Wildman–Crippen LogP) is 2.19. The Kier molecular flexibility index (Phi) is 2.45. The van der Waals surface area contributed by atoms with Crippen LogP contribution in [0.5, 0.6) is 0 Å². The third-order valence-electron chi connectivity index (χ3n) is 3.71. The van der Waals surface area contributed by atoms with Crippen molar-refractivity contribution < 1.29 is 14.1 Å². The van der Waals surface area contributed by atoms with Crippen molar-refractivity contribution in [3.63, 3.8) is 0 Å². The zero-order valence-electron chi connectivity index (χ0n) is 10.6. The Labute approximate surface area is 115 Å². The van der Waals surface area contributed by atoms with Crippen molar-refractivity contribution in [1.82, 2.24) is 4.98 Å². The minimum Gasteiger partial charge on any atom is -0.423 e. The van der Waals surface area contributed by atoms with E-state index in [4.69, 9.17) is 4.65 Å². The molecule has 98 valence electrons. The van der Waals surface area contributed by atoms with E-state index < -0.39 is 7.12 Å². The lowest BCUT2D eigenvalue weighted by Gasteiger charge is -2.05. The molecule has 5 heteroatoms. The zero-order chi connectivity index (χ0) is 13.7. The fraction of sp³-hybridized carbons (Fsp3) is 0.0667. The van der Waals surface area contributed by atoms with Gasteiger partial charge in [0, 0.05) is 22.2 Å². The highest BCUT2D eigenvalue weighted by Crippen LogP contribution is 2.27. The van der Waals surface area contributed by atoms with Crippen molar-refractivity contribution in [3.8, 4) is 11.3 Å². The number of aromatic amines is 1. The SMILES string of the molecule is OB1OCc2cc(F)c(-c3cc4ccccc4[nH]3)cc21. The molecule has 3 nitrogen and oxygen atoms in total. The number of halogens is 1. The van der Waals surface area contributed by atoms with E-state index in [0.717, 1.165) is 10.9 Å². The molecule has 1 aliphatic rings.